The van der Waals surface area contributed by atoms with Gasteiger partial charge in [-0.05, 0) is 11.8 Å². The highest BCUT2D eigenvalue weighted by molar-refractivity contribution is 9.13. The lowest BCUT2D eigenvalue weighted by molar-refractivity contribution is 1.37. The standard InChI is InChI=1S/C4H4BrS/c5-4-2-1-3-6-4/h1,3H,2H2. The van der Waals surface area contributed by atoms with Gasteiger partial charge in [-0.1, -0.05) is 22.0 Å². The van der Waals surface area contributed by atoms with E-state index < -0.39 is 0 Å². The van der Waals surface area contributed by atoms with E-state index in [4.69, 9.17) is 0 Å². The van der Waals surface area contributed by atoms with Gasteiger partial charge in [-0.15, -0.1) is 11.8 Å². The summed E-state index contributed by atoms with van der Waals surface area (Å²) in [5.41, 5.74) is 0. The van der Waals surface area contributed by atoms with Crippen LogP contribution in [0.15, 0.2) is 11.5 Å². The van der Waals surface area contributed by atoms with Crippen molar-refractivity contribution in [2.75, 3.05) is 0 Å². The van der Waals surface area contributed by atoms with Crippen molar-refractivity contribution in [1.82, 2.24) is 0 Å². The minimum absolute atomic E-state index is 1.10. The van der Waals surface area contributed by atoms with Gasteiger partial charge in [-0.2, -0.15) is 0 Å². The summed E-state index contributed by atoms with van der Waals surface area (Å²) in [5.74, 6) is 0. The Morgan fingerprint density at radius 3 is 2.83 bits per heavy atom. The van der Waals surface area contributed by atoms with E-state index in [9.17, 15) is 0 Å². The fourth-order valence-electron chi connectivity index (χ4n) is 0.311. The van der Waals surface area contributed by atoms with Crippen molar-refractivity contribution in [2.24, 2.45) is 0 Å². The summed E-state index contributed by atoms with van der Waals surface area (Å²) in [7, 11) is 0. The van der Waals surface area contributed by atoms with Gasteiger partial charge in [0.1, 0.15) is 4.16 Å². The van der Waals surface area contributed by atoms with Crippen molar-refractivity contribution in [1.29, 1.82) is 0 Å². The molecule has 0 fully saturated rings. The fourth-order valence-corrected chi connectivity index (χ4v) is 1.35. The summed E-state index contributed by atoms with van der Waals surface area (Å²) < 4.78 is 1.32. The molecular weight excluding hydrogens is 160 g/mol. The molecule has 0 aromatic heterocycles. The molecule has 1 radical (unpaired) electrons. The zero-order valence-corrected chi connectivity index (χ0v) is 5.55. The highest BCUT2D eigenvalue weighted by Gasteiger charge is 2.04. The van der Waals surface area contributed by atoms with Gasteiger partial charge < -0.3 is 0 Å². The molecule has 1 aliphatic heterocycles. The van der Waals surface area contributed by atoms with Crippen LogP contribution in [0.1, 0.15) is 6.42 Å². The second-order valence-corrected chi connectivity index (χ2v) is 3.53. The van der Waals surface area contributed by atoms with E-state index in [1.165, 1.54) is 4.16 Å². The van der Waals surface area contributed by atoms with Gasteiger partial charge in [-0.3, -0.25) is 0 Å². The maximum absolute atomic E-state index is 3.36. The van der Waals surface area contributed by atoms with E-state index in [1.54, 1.807) is 11.8 Å². The SMILES string of the molecule is Br[C]1CC=CS1. The van der Waals surface area contributed by atoms with Crippen LogP contribution in [0, 0.1) is 4.16 Å². The first kappa shape index (κ1) is 4.72. The largest absolute Gasteiger partial charge is 0.113 e. The van der Waals surface area contributed by atoms with Crippen LogP contribution in [0.4, 0.5) is 0 Å². The van der Waals surface area contributed by atoms with Crippen LogP contribution in [0.5, 0.6) is 0 Å². The van der Waals surface area contributed by atoms with Crippen LogP contribution < -0.4 is 0 Å². The highest BCUT2D eigenvalue weighted by atomic mass is 79.9. The van der Waals surface area contributed by atoms with Crippen molar-refractivity contribution < 1.29 is 0 Å². The van der Waals surface area contributed by atoms with Crippen LogP contribution in [0.3, 0.4) is 0 Å². The summed E-state index contributed by atoms with van der Waals surface area (Å²) in [6, 6.07) is 0. The fraction of sp³-hybridized carbons (Fsp3) is 0.250. The maximum atomic E-state index is 3.36. The third-order valence-corrected chi connectivity index (χ3v) is 2.21. The van der Waals surface area contributed by atoms with Gasteiger partial charge in [0.25, 0.3) is 0 Å². The molecule has 0 unspecified atom stereocenters. The minimum Gasteiger partial charge on any atom is -0.113 e. The normalized spacial score (nSPS) is 22.8. The Morgan fingerprint density at radius 1 is 1.83 bits per heavy atom. The molecule has 0 aromatic carbocycles. The number of hydrogen-bond acceptors (Lipinski definition) is 1. The first-order valence-corrected chi connectivity index (χ1v) is 3.40. The Kier molecular flexibility index (Phi) is 1.60. The first-order chi connectivity index (χ1) is 2.89. The summed E-state index contributed by atoms with van der Waals surface area (Å²) in [4.78, 5) is 0. The highest BCUT2D eigenvalue weighted by Crippen LogP contribution is 2.35. The number of allylic oxidation sites excluding steroid dienone is 1. The van der Waals surface area contributed by atoms with E-state index in [0.29, 0.717) is 0 Å². The Morgan fingerprint density at radius 2 is 2.67 bits per heavy atom. The maximum Gasteiger partial charge on any atom is 0.103 e. The minimum atomic E-state index is 1.10. The first-order valence-electron chi connectivity index (χ1n) is 1.72. The van der Waals surface area contributed by atoms with Crippen molar-refractivity contribution in [3.63, 3.8) is 0 Å². The summed E-state index contributed by atoms with van der Waals surface area (Å²) >= 11 is 5.11. The molecule has 0 saturated carbocycles. The second kappa shape index (κ2) is 2.03. The van der Waals surface area contributed by atoms with E-state index >= 15 is 0 Å². The lowest BCUT2D eigenvalue weighted by Gasteiger charge is -1.87. The van der Waals surface area contributed by atoms with Crippen LogP contribution in [0.2, 0.25) is 0 Å². The molecule has 33 valence electrons. The zero-order valence-electron chi connectivity index (χ0n) is 3.15. The predicted octanol–water partition coefficient (Wildman–Crippen LogP) is 2.52. The molecule has 0 atom stereocenters. The lowest BCUT2D eigenvalue weighted by Crippen LogP contribution is -1.62. The van der Waals surface area contributed by atoms with E-state index in [1.807, 2.05) is 0 Å². The second-order valence-electron chi connectivity index (χ2n) is 1.05. The van der Waals surface area contributed by atoms with Crippen LogP contribution >= 0.6 is 27.7 Å². The molecule has 6 heavy (non-hydrogen) atoms. The smallest absolute Gasteiger partial charge is 0.103 e. The Hall–Kier alpha value is 0.570. The van der Waals surface area contributed by atoms with E-state index in [0.717, 1.165) is 6.42 Å². The molecule has 0 amide bonds. The molecule has 0 nitrogen and oxygen atoms in total. The van der Waals surface area contributed by atoms with Gasteiger partial charge >= 0.3 is 0 Å². The molecule has 0 aliphatic carbocycles. The molecule has 0 N–H and O–H groups in total. The Bertz CT molecular complexity index is 61.9. The number of halogens is 1. The lowest BCUT2D eigenvalue weighted by atomic mass is 10.5. The molecular formula is C4H4BrS. The average molecular weight is 164 g/mol. The molecule has 0 spiro atoms. The molecule has 1 aliphatic rings. The van der Waals surface area contributed by atoms with Crippen molar-refractivity contribution >= 4 is 27.7 Å². The monoisotopic (exact) mass is 163 g/mol. The summed E-state index contributed by atoms with van der Waals surface area (Å²) in [5, 5.41) is 2.09. The number of hydrogen-bond donors (Lipinski definition) is 0. The van der Waals surface area contributed by atoms with E-state index in [2.05, 4.69) is 27.4 Å². The number of rotatable bonds is 0. The summed E-state index contributed by atoms with van der Waals surface area (Å²) in [6.07, 6.45) is 3.24. The third kappa shape index (κ3) is 1.02. The van der Waals surface area contributed by atoms with Crippen LogP contribution in [-0.4, -0.2) is 0 Å². The Labute approximate surface area is 50.1 Å². The van der Waals surface area contributed by atoms with Gasteiger partial charge in [-0.25, -0.2) is 0 Å². The third-order valence-electron chi connectivity index (χ3n) is 0.570. The van der Waals surface area contributed by atoms with Crippen LogP contribution in [0.25, 0.3) is 0 Å². The molecule has 0 aromatic rings. The molecule has 1 rings (SSSR count). The van der Waals surface area contributed by atoms with Crippen molar-refractivity contribution in [2.45, 2.75) is 6.42 Å². The molecule has 0 bridgehead atoms. The molecule has 2 heteroatoms. The molecule has 1 heterocycles. The average Bonchev–Trinajstić information content (AvgIpc) is 1.86. The van der Waals surface area contributed by atoms with Gasteiger partial charge in [0.2, 0.25) is 0 Å². The quantitative estimate of drug-likeness (QED) is 0.530. The molecule has 0 saturated heterocycles. The number of thioether (sulfide) groups is 1. The summed E-state index contributed by atoms with van der Waals surface area (Å²) in [6.45, 7) is 0. The van der Waals surface area contributed by atoms with Gasteiger partial charge in [0, 0.05) is 0 Å². The van der Waals surface area contributed by atoms with E-state index in [-0.39, 0.29) is 0 Å². The van der Waals surface area contributed by atoms with Crippen LogP contribution in [-0.2, 0) is 0 Å². The Balaban J connectivity index is 2.32. The van der Waals surface area contributed by atoms with Crippen molar-refractivity contribution in [3.05, 3.63) is 15.6 Å². The van der Waals surface area contributed by atoms with Crippen molar-refractivity contribution in [3.8, 4) is 0 Å². The van der Waals surface area contributed by atoms with Gasteiger partial charge in [0.05, 0.1) is 0 Å². The topological polar surface area (TPSA) is 0 Å². The zero-order chi connectivity index (χ0) is 4.41. The van der Waals surface area contributed by atoms with Gasteiger partial charge in [0.15, 0.2) is 0 Å². The predicted molar refractivity (Wildman–Crippen MR) is 33.5 cm³/mol.